The predicted octanol–water partition coefficient (Wildman–Crippen LogP) is 4.08. The Balaban J connectivity index is 1.91. The molecule has 0 fully saturated rings. The first kappa shape index (κ1) is 19.6. The number of hydrogen-bond donors (Lipinski definition) is 1. The van der Waals surface area contributed by atoms with E-state index in [1.54, 1.807) is 25.1 Å². The summed E-state index contributed by atoms with van der Waals surface area (Å²) in [6.07, 6.45) is -3.77. The highest BCUT2D eigenvalue weighted by Crippen LogP contribution is 2.25. The Morgan fingerprint density at radius 3 is 2.65 bits per heavy atom. The third-order valence-corrected chi connectivity index (χ3v) is 3.27. The molecule has 0 radical (unpaired) electrons. The molecule has 0 aliphatic carbocycles. The van der Waals surface area contributed by atoms with E-state index in [2.05, 4.69) is 15.3 Å². The summed E-state index contributed by atoms with van der Waals surface area (Å²) in [5.41, 5.74) is 2.98. The second kappa shape index (κ2) is 8.57. The number of para-hydroxylation sites is 1. The van der Waals surface area contributed by atoms with E-state index in [1.807, 2.05) is 0 Å². The average molecular weight is 387 g/mol. The summed E-state index contributed by atoms with van der Waals surface area (Å²) >= 11 is 5.82. The van der Waals surface area contributed by atoms with Gasteiger partial charge in [-0.3, -0.25) is 4.79 Å². The van der Waals surface area contributed by atoms with Crippen molar-refractivity contribution in [2.45, 2.75) is 13.3 Å². The minimum atomic E-state index is -4.82. The van der Waals surface area contributed by atoms with Crippen LogP contribution in [0.15, 0.2) is 47.6 Å². The van der Waals surface area contributed by atoms with E-state index in [-0.39, 0.29) is 12.2 Å². The van der Waals surface area contributed by atoms with E-state index < -0.39 is 18.0 Å². The van der Waals surface area contributed by atoms with Gasteiger partial charge in [-0.05, 0) is 42.8 Å². The number of aryl methyl sites for hydroxylation is 1. The van der Waals surface area contributed by atoms with Gasteiger partial charge in [0.05, 0.1) is 6.21 Å². The Morgan fingerprint density at radius 2 is 1.96 bits per heavy atom. The van der Waals surface area contributed by atoms with Crippen molar-refractivity contribution in [1.29, 1.82) is 0 Å². The van der Waals surface area contributed by atoms with Gasteiger partial charge in [0.15, 0.2) is 6.61 Å². The normalized spacial score (nSPS) is 11.4. The molecular weight excluding hydrogens is 373 g/mol. The molecule has 0 heterocycles. The predicted molar refractivity (Wildman–Crippen MR) is 90.5 cm³/mol. The van der Waals surface area contributed by atoms with E-state index in [9.17, 15) is 18.0 Å². The lowest BCUT2D eigenvalue weighted by Gasteiger charge is -2.10. The number of hydrogen-bond acceptors (Lipinski definition) is 4. The van der Waals surface area contributed by atoms with Gasteiger partial charge >= 0.3 is 6.36 Å². The van der Waals surface area contributed by atoms with Gasteiger partial charge in [0.25, 0.3) is 5.91 Å². The van der Waals surface area contributed by atoms with Crippen LogP contribution < -0.4 is 14.9 Å². The Hall–Kier alpha value is -2.74. The monoisotopic (exact) mass is 386 g/mol. The summed E-state index contributed by atoms with van der Waals surface area (Å²) in [7, 11) is 0. The maximum atomic E-state index is 12.3. The zero-order chi connectivity index (χ0) is 19.2. The van der Waals surface area contributed by atoms with Crippen LogP contribution in [0.2, 0.25) is 5.02 Å². The highest BCUT2D eigenvalue weighted by atomic mass is 35.5. The number of carbonyl (C=O) groups excluding carboxylic acids is 1. The molecule has 0 saturated heterocycles. The van der Waals surface area contributed by atoms with Crippen LogP contribution in [0.4, 0.5) is 13.2 Å². The molecule has 0 aromatic heterocycles. The third-order valence-electron chi connectivity index (χ3n) is 3.03. The standard InChI is InChI=1S/C17H14ClF3N2O3/c1-11-8-13(18)6-7-14(11)25-10-16(24)23-22-9-12-4-2-3-5-15(12)26-17(19,20)21/h2-9H,10H2,1H3,(H,23,24)/b22-9+. The number of benzene rings is 2. The van der Waals surface area contributed by atoms with Crippen molar-refractivity contribution >= 4 is 23.7 Å². The van der Waals surface area contributed by atoms with E-state index in [0.717, 1.165) is 17.8 Å². The van der Waals surface area contributed by atoms with Crippen LogP contribution in [0.3, 0.4) is 0 Å². The van der Waals surface area contributed by atoms with Gasteiger partial charge in [0, 0.05) is 10.6 Å². The lowest BCUT2D eigenvalue weighted by atomic mass is 10.2. The summed E-state index contributed by atoms with van der Waals surface area (Å²) in [6.45, 7) is 1.45. The number of nitrogens with zero attached hydrogens (tertiary/aromatic N) is 1. The van der Waals surface area contributed by atoms with Crippen molar-refractivity contribution in [3.8, 4) is 11.5 Å². The zero-order valence-electron chi connectivity index (χ0n) is 13.5. The van der Waals surface area contributed by atoms with Gasteiger partial charge in [-0.15, -0.1) is 13.2 Å². The third kappa shape index (κ3) is 6.29. The fourth-order valence-electron chi connectivity index (χ4n) is 1.93. The lowest BCUT2D eigenvalue weighted by Crippen LogP contribution is -2.25. The Bertz CT molecular complexity index is 810. The highest BCUT2D eigenvalue weighted by Gasteiger charge is 2.31. The summed E-state index contributed by atoms with van der Waals surface area (Å²) in [6, 6.07) is 10.3. The topological polar surface area (TPSA) is 59.9 Å². The molecule has 2 aromatic rings. The number of carbonyl (C=O) groups is 1. The van der Waals surface area contributed by atoms with E-state index in [0.29, 0.717) is 10.8 Å². The SMILES string of the molecule is Cc1cc(Cl)ccc1OCC(=O)N/N=C/c1ccccc1OC(F)(F)F. The number of amides is 1. The molecule has 2 rings (SSSR count). The van der Waals surface area contributed by atoms with Gasteiger partial charge in [-0.2, -0.15) is 5.10 Å². The zero-order valence-corrected chi connectivity index (χ0v) is 14.3. The summed E-state index contributed by atoms with van der Waals surface area (Å²) in [5.74, 6) is -0.520. The van der Waals surface area contributed by atoms with Crippen LogP contribution in [0, 0.1) is 6.92 Å². The molecule has 0 bridgehead atoms. The molecular formula is C17H14ClF3N2O3. The lowest BCUT2D eigenvalue weighted by molar-refractivity contribution is -0.274. The quantitative estimate of drug-likeness (QED) is 0.601. The summed E-state index contributed by atoms with van der Waals surface area (Å²) in [5, 5.41) is 4.15. The second-order valence-corrected chi connectivity index (χ2v) is 5.51. The van der Waals surface area contributed by atoms with Crippen molar-refractivity contribution in [3.63, 3.8) is 0 Å². The van der Waals surface area contributed by atoms with Crippen molar-refractivity contribution in [3.05, 3.63) is 58.6 Å². The second-order valence-electron chi connectivity index (χ2n) is 5.08. The molecule has 1 N–H and O–H groups in total. The van der Waals surface area contributed by atoms with Crippen molar-refractivity contribution < 1.29 is 27.4 Å². The van der Waals surface area contributed by atoms with Crippen LogP contribution in [0.1, 0.15) is 11.1 Å². The summed E-state index contributed by atoms with van der Waals surface area (Å²) in [4.78, 5) is 11.7. The number of nitrogens with one attached hydrogen (secondary N) is 1. The fraction of sp³-hybridized carbons (Fsp3) is 0.176. The molecule has 0 spiro atoms. The van der Waals surface area contributed by atoms with E-state index >= 15 is 0 Å². The van der Waals surface area contributed by atoms with Gasteiger partial charge in [-0.1, -0.05) is 23.7 Å². The number of halogens is 4. The van der Waals surface area contributed by atoms with Crippen molar-refractivity contribution in [1.82, 2.24) is 5.43 Å². The van der Waals surface area contributed by atoms with Crippen LogP contribution in [0.5, 0.6) is 11.5 Å². The molecule has 138 valence electrons. The van der Waals surface area contributed by atoms with Crippen LogP contribution in [-0.4, -0.2) is 25.1 Å². The van der Waals surface area contributed by atoms with Crippen LogP contribution in [-0.2, 0) is 4.79 Å². The molecule has 2 aromatic carbocycles. The molecule has 0 unspecified atom stereocenters. The Morgan fingerprint density at radius 1 is 1.23 bits per heavy atom. The molecule has 26 heavy (non-hydrogen) atoms. The van der Waals surface area contributed by atoms with Crippen LogP contribution in [0.25, 0.3) is 0 Å². The Labute approximate surface area is 152 Å². The van der Waals surface area contributed by atoms with E-state index in [4.69, 9.17) is 16.3 Å². The number of ether oxygens (including phenoxy) is 2. The average Bonchev–Trinajstić information content (AvgIpc) is 2.54. The molecule has 0 atom stereocenters. The minimum Gasteiger partial charge on any atom is -0.483 e. The minimum absolute atomic E-state index is 0.0552. The molecule has 0 saturated carbocycles. The van der Waals surface area contributed by atoms with Gasteiger partial charge < -0.3 is 9.47 Å². The maximum Gasteiger partial charge on any atom is 0.573 e. The first-order valence-electron chi connectivity index (χ1n) is 7.30. The van der Waals surface area contributed by atoms with E-state index in [1.165, 1.54) is 18.2 Å². The number of alkyl halides is 3. The maximum absolute atomic E-state index is 12.3. The Kier molecular flexibility index (Phi) is 6.46. The first-order valence-corrected chi connectivity index (χ1v) is 7.68. The first-order chi connectivity index (χ1) is 12.2. The molecule has 1 amide bonds. The number of hydrazone groups is 1. The van der Waals surface area contributed by atoms with Gasteiger partial charge in [0.1, 0.15) is 11.5 Å². The van der Waals surface area contributed by atoms with Gasteiger partial charge in [-0.25, -0.2) is 5.43 Å². The van der Waals surface area contributed by atoms with Crippen molar-refractivity contribution in [2.75, 3.05) is 6.61 Å². The van der Waals surface area contributed by atoms with Gasteiger partial charge in [0.2, 0.25) is 0 Å². The molecule has 9 heteroatoms. The summed E-state index contributed by atoms with van der Waals surface area (Å²) < 4.78 is 46.2. The fourth-order valence-corrected chi connectivity index (χ4v) is 2.16. The smallest absolute Gasteiger partial charge is 0.483 e. The highest BCUT2D eigenvalue weighted by molar-refractivity contribution is 6.30. The number of rotatable bonds is 6. The molecule has 5 nitrogen and oxygen atoms in total. The molecule has 0 aliphatic rings. The molecule has 0 aliphatic heterocycles. The van der Waals surface area contributed by atoms with Crippen molar-refractivity contribution in [2.24, 2.45) is 5.10 Å². The van der Waals surface area contributed by atoms with Crippen LogP contribution >= 0.6 is 11.6 Å². The largest absolute Gasteiger partial charge is 0.573 e.